The predicted octanol–water partition coefficient (Wildman–Crippen LogP) is 4.40. The van der Waals surface area contributed by atoms with Crippen LogP contribution in [0.25, 0.3) is 0 Å². The molecule has 0 aromatic heterocycles. The van der Waals surface area contributed by atoms with Crippen LogP contribution in [0.4, 0.5) is 8.78 Å². The number of benzene rings is 1. The van der Waals surface area contributed by atoms with Gasteiger partial charge in [0, 0.05) is 34.2 Å². The van der Waals surface area contributed by atoms with Crippen molar-refractivity contribution in [1.82, 2.24) is 5.32 Å². The fourth-order valence-corrected chi connectivity index (χ4v) is 4.93. The van der Waals surface area contributed by atoms with E-state index in [9.17, 15) is 13.6 Å². The van der Waals surface area contributed by atoms with Crippen molar-refractivity contribution in [2.45, 2.75) is 38.0 Å². The number of rotatable bonds is 1. The zero-order chi connectivity index (χ0) is 16.0. The lowest BCUT2D eigenvalue weighted by Gasteiger charge is -2.37. The Kier molecular flexibility index (Phi) is 3.76. The Morgan fingerprint density at radius 1 is 1.04 bits per heavy atom. The van der Waals surface area contributed by atoms with Gasteiger partial charge in [0.25, 0.3) is 0 Å². The summed E-state index contributed by atoms with van der Waals surface area (Å²) >= 11 is 1.73. The van der Waals surface area contributed by atoms with Crippen molar-refractivity contribution in [2.75, 3.05) is 5.75 Å². The smallest absolute Gasteiger partial charge is 0.161 e. The van der Waals surface area contributed by atoms with Crippen LogP contribution in [0.1, 0.15) is 43.6 Å². The molecule has 23 heavy (non-hydrogen) atoms. The van der Waals surface area contributed by atoms with Gasteiger partial charge >= 0.3 is 0 Å². The van der Waals surface area contributed by atoms with E-state index >= 15 is 0 Å². The molecule has 5 heteroatoms. The molecule has 0 saturated carbocycles. The molecule has 0 spiro atoms. The second-order valence-corrected chi connectivity index (χ2v) is 7.33. The molecule has 1 N–H and O–H groups in total. The predicted molar refractivity (Wildman–Crippen MR) is 86.8 cm³/mol. The maximum Gasteiger partial charge on any atom is 0.161 e. The van der Waals surface area contributed by atoms with Crippen LogP contribution < -0.4 is 5.32 Å². The van der Waals surface area contributed by atoms with Crippen molar-refractivity contribution in [2.24, 2.45) is 0 Å². The normalized spacial score (nSPS) is 24.3. The SMILES string of the molecule is O=C1CCCC2=C1C(c1ccc(F)c(F)c1)C1=C(CCCS1)N2. The van der Waals surface area contributed by atoms with E-state index in [0.717, 1.165) is 59.4 Å². The van der Waals surface area contributed by atoms with Gasteiger partial charge in [-0.15, -0.1) is 11.8 Å². The highest BCUT2D eigenvalue weighted by atomic mass is 32.2. The van der Waals surface area contributed by atoms with Gasteiger partial charge in [-0.2, -0.15) is 0 Å². The molecule has 2 nitrogen and oxygen atoms in total. The van der Waals surface area contributed by atoms with E-state index in [1.54, 1.807) is 17.8 Å². The van der Waals surface area contributed by atoms with Crippen LogP contribution in [0.3, 0.4) is 0 Å². The Morgan fingerprint density at radius 3 is 2.70 bits per heavy atom. The summed E-state index contributed by atoms with van der Waals surface area (Å²) in [7, 11) is 0. The largest absolute Gasteiger partial charge is 0.361 e. The van der Waals surface area contributed by atoms with E-state index in [4.69, 9.17) is 0 Å². The minimum Gasteiger partial charge on any atom is -0.361 e. The lowest BCUT2D eigenvalue weighted by Crippen LogP contribution is -2.32. The number of nitrogens with one attached hydrogen (secondary N) is 1. The standard InChI is InChI=1S/C18H17F2NOS/c19-11-7-6-10(9-12(11)20)16-17-13(3-1-5-15(17)22)21-14-4-2-8-23-18(14)16/h6-7,9,16,21H,1-5,8H2. The number of carbonyl (C=O) groups is 1. The summed E-state index contributed by atoms with van der Waals surface area (Å²) in [6.45, 7) is 0. The maximum atomic E-state index is 13.8. The Labute approximate surface area is 138 Å². The summed E-state index contributed by atoms with van der Waals surface area (Å²) in [5.74, 6) is -0.815. The topological polar surface area (TPSA) is 29.1 Å². The summed E-state index contributed by atoms with van der Waals surface area (Å²) in [5, 5.41) is 3.46. The first-order chi connectivity index (χ1) is 11.1. The third-order valence-electron chi connectivity index (χ3n) is 4.71. The number of carbonyl (C=O) groups excluding carboxylic acids is 1. The molecule has 2 aliphatic heterocycles. The fourth-order valence-electron chi connectivity index (χ4n) is 3.67. The van der Waals surface area contributed by atoms with E-state index in [1.165, 1.54) is 6.07 Å². The molecule has 0 radical (unpaired) electrons. The molecular weight excluding hydrogens is 316 g/mol. The molecule has 4 rings (SSSR count). The fraction of sp³-hybridized carbons (Fsp3) is 0.389. The van der Waals surface area contributed by atoms with Gasteiger partial charge in [-0.1, -0.05) is 6.07 Å². The molecule has 3 aliphatic rings. The number of hydrogen-bond donors (Lipinski definition) is 1. The minimum atomic E-state index is -0.852. The molecule has 1 unspecified atom stereocenters. The number of dihydropyridines is 1. The van der Waals surface area contributed by atoms with Gasteiger partial charge in [-0.25, -0.2) is 8.78 Å². The molecule has 0 amide bonds. The lowest BCUT2D eigenvalue weighted by molar-refractivity contribution is -0.116. The Hall–Kier alpha value is -1.62. The van der Waals surface area contributed by atoms with Gasteiger partial charge in [0.15, 0.2) is 17.4 Å². The van der Waals surface area contributed by atoms with Crippen molar-refractivity contribution in [1.29, 1.82) is 0 Å². The van der Waals surface area contributed by atoms with Crippen LogP contribution in [0, 0.1) is 11.6 Å². The average Bonchev–Trinajstić information content (AvgIpc) is 2.56. The first-order valence-electron chi connectivity index (χ1n) is 7.99. The number of Topliss-reactive ketones (excluding diaryl/α,β-unsaturated/α-hetero) is 1. The van der Waals surface area contributed by atoms with Crippen LogP contribution in [-0.2, 0) is 4.79 Å². The van der Waals surface area contributed by atoms with Gasteiger partial charge in [-0.3, -0.25) is 4.79 Å². The zero-order valence-corrected chi connectivity index (χ0v) is 13.4. The highest BCUT2D eigenvalue weighted by molar-refractivity contribution is 8.03. The van der Waals surface area contributed by atoms with Crippen LogP contribution >= 0.6 is 11.8 Å². The number of allylic oxidation sites excluding steroid dienone is 4. The Morgan fingerprint density at radius 2 is 1.87 bits per heavy atom. The van der Waals surface area contributed by atoms with Crippen molar-refractivity contribution in [3.05, 3.63) is 57.3 Å². The molecule has 120 valence electrons. The van der Waals surface area contributed by atoms with Crippen LogP contribution in [0.2, 0.25) is 0 Å². The molecule has 1 aromatic rings. The van der Waals surface area contributed by atoms with Crippen LogP contribution in [-0.4, -0.2) is 11.5 Å². The molecule has 0 fully saturated rings. The quantitative estimate of drug-likeness (QED) is 0.826. The number of thioether (sulfide) groups is 1. The summed E-state index contributed by atoms with van der Waals surface area (Å²) < 4.78 is 27.1. The highest BCUT2D eigenvalue weighted by Crippen LogP contribution is 2.49. The molecule has 1 atom stereocenters. The van der Waals surface area contributed by atoms with Gasteiger partial charge in [-0.05, 0) is 49.1 Å². The average molecular weight is 333 g/mol. The molecule has 1 aromatic carbocycles. The van der Waals surface area contributed by atoms with E-state index in [-0.39, 0.29) is 11.7 Å². The van der Waals surface area contributed by atoms with Crippen molar-refractivity contribution in [3.63, 3.8) is 0 Å². The minimum absolute atomic E-state index is 0.131. The summed E-state index contributed by atoms with van der Waals surface area (Å²) in [6.07, 6.45) is 4.28. The lowest BCUT2D eigenvalue weighted by atomic mass is 9.79. The Balaban J connectivity index is 1.87. The third-order valence-corrected chi connectivity index (χ3v) is 6.00. The van der Waals surface area contributed by atoms with Gasteiger partial charge < -0.3 is 5.32 Å². The zero-order valence-electron chi connectivity index (χ0n) is 12.6. The molecule has 1 aliphatic carbocycles. The van der Waals surface area contributed by atoms with Crippen molar-refractivity contribution < 1.29 is 13.6 Å². The maximum absolute atomic E-state index is 13.8. The summed E-state index contributed by atoms with van der Waals surface area (Å²) in [4.78, 5) is 13.6. The van der Waals surface area contributed by atoms with Crippen molar-refractivity contribution >= 4 is 17.5 Å². The van der Waals surface area contributed by atoms with Crippen LogP contribution in [0.5, 0.6) is 0 Å². The second kappa shape index (κ2) is 5.78. The first-order valence-corrected chi connectivity index (χ1v) is 8.98. The van der Waals surface area contributed by atoms with Crippen LogP contribution in [0.15, 0.2) is 40.1 Å². The van der Waals surface area contributed by atoms with E-state index in [1.807, 2.05) is 0 Å². The second-order valence-electron chi connectivity index (χ2n) is 6.20. The molecular formula is C18H17F2NOS. The first kappa shape index (κ1) is 14.9. The molecule has 0 saturated heterocycles. The molecule has 0 bridgehead atoms. The number of halogens is 2. The molecule has 2 heterocycles. The van der Waals surface area contributed by atoms with Gasteiger partial charge in [0.2, 0.25) is 0 Å². The summed E-state index contributed by atoms with van der Waals surface area (Å²) in [5.41, 5.74) is 3.58. The highest BCUT2D eigenvalue weighted by Gasteiger charge is 2.37. The number of ketones is 1. The number of hydrogen-bond acceptors (Lipinski definition) is 3. The van der Waals surface area contributed by atoms with Gasteiger partial charge in [0.05, 0.1) is 0 Å². The van der Waals surface area contributed by atoms with E-state index in [0.29, 0.717) is 12.0 Å². The monoisotopic (exact) mass is 333 g/mol. The van der Waals surface area contributed by atoms with E-state index in [2.05, 4.69) is 5.32 Å². The van der Waals surface area contributed by atoms with E-state index < -0.39 is 11.6 Å². The Bertz CT molecular complexity index is 753. The summed E-state index contributed by atoms with van der Waals surface area (Å²) in [6, 6.07) is 4.02. The van der Waals surface area contributed by atoms with Gasteiger partial charge in [0.1, 0.15) is 0 Å². The third kappa shape index (κ3) is 2.51. The van der Waals surface area contributed by atoms with Crippen molar-refractivity contribution in [3.8, 4) is 0 Å².